The van der Waals surface area contributed by atoms with Crippen LogP contribution < -0.4 is 10.2 Å². The number of rotatable bonds is 5. The largest absolute Gasteiger partial charge is 0.481 e. The molecule has 1 rings (SSSR count). The molecule has 0 saturated heterocycles. The van der Waals surface area contributed by atoms with Crippen LogP contribution in [0.15, 0.2) is 24.3 Å². The van der Waals surface area contributed by atoms with Crippen LogP contribution in [0.2, 0.25) is 0 Å². The standard InChI is InChI=1S/C13H17FN2O4/c1-13(20,7-11(17)18)8-15-12(19)16(2)10-6-4-3-5-9(10)14/h3-6,20H,7-8H2,1-2H3,(H,15,19)(H,17,18). The van der Waals surface area contributed by atoms with Crippen molar-refractivity contribution in [3.63, 3.8) is 0 Å². The minimum absolute atomic E-state index is 0.0860. The van der Waals surface area contributed by atoms with Crippen LogP contribution >= 0.6 is 0 Å². The van der Waals surface area contributed by atoms with Crippen molar-refractivity contribution in [1.82, 2.24) is 5.32 Å². The molecule has 7 heteroatoms. The molecule has 0 saturated carbocycles. The first-order valence-electron chi connectivity index (χ1n) is 5.93. The number of halogens is 1. The quantitative estimate of drug-likeness (QED) is 0.757. The van der Waals surface area contributed by atoms with E-state index in [0.717, 1.165) is 4.90 Å². The molecule has 1 atom stereocenters. The molecule has 1 aromatic carbocycles. The van der Waals surface area contributed by atoms with Crippen LogP contribution in [0, 0.1) is 5.82 Å². The Labute approximate surface area is 115 Å². The predicted molar refractivity (Wildman–Crippen MR) is 71.1 cm³/mol. The third kappa shape index (κ3) is 4.51. The number of nitrogens with zero attached hydrogens (tertiary/aromatic N) is 1. The van der Waals surface area contributed by atoms with Gasteiger partial charge in [-0.1, -0.05) is 12.1 Å². The molecule has 20 heavy (non-hydrogen) atoms. The summed E-state index contributed by atoms with van der Waals surface area (Å²) in [5.41, 5.74) is -1.49. The molecule has 1 unspecified atom stereocenters. The molecule has 0 fully saturated rings. The van der Waals surface area contributed by atoms with Crippen molar-refractivity contribution in [3.8, 4) is 0 Å². The Hall–Kier alpha value is -2.15. The van der Waals surface area contributed by atoms with E-state index < -0.39 is 29.8 Å². The first kappa shape index (κ1) is 15.9. The summed E-state index contributed by atoms with van der Waals surface area (Å²) in [6.07, 6.45) is -0.503. The van der Waals surface area contributed by atoms with E-state index in [-0.39, 0.29) is 12.2 Å². The highest BCUT2D eigenvalue weighted by Gasteiger charge is 2.26. The average Bonchev–Trinajstić information content (AvgIpc) is 2.34. The molecule has 0 aliphatic heterocycles. The molecule has 0 spiro atoms. The second-order valence-corrected chi connectivity index (χ2v) is 4.74. The van der Waals surface area contributed by atoms with E-state index in [1.807, 2.05) is 0 Å². The molecular formula is C13H17FN2O4. The maximum atomic E-state index is 13.5. The fourth-order valence-corrected chi connectivity index (χ4v) is 1.61. The molecule has 3 N–H and O–H groups in total. The van der Waals surface area contributed by atoms with Crippen molar-refractivity contribution in [2.24, 2.45) is 0 Å². The van der Waals surface area contributed by atoms with Gasteiger partial charge in [0.25, 0.3) is 0 Å². The summed E-state index contributed by atoms with van der Waals surface area (Å²) >= 11 is 0. The third-order valence-electron chi connectivity index (χ3n) is 2.67. The van der Waals surface area contributed by atoms with Gasteiger partial charge in [-0.25, -0.2) is 9.18 Å². The summed E-state index contributed by atoms with van der Waals surface area (Å²) in [5, 5.41) is 20.7. The number of amides is 2. The lowest BCUT2D eigenvalue weighted by molar-refractivity contribution is -0.141. The average molecular weight is 284 g/mol. The zero-order chi connectivity index (χ0) is 15.3. The number of carbonyl (C=O) groups is 2. The van der Waals surface area contributed by atoms with Crippen LogP contribution in [0.4, 0.5) is 14.9 Å². The zero-order valence-electron chi connectivity index (χ0n) is 11.3. The van der Waals surface area contributed by atoms with Crippen LogP contribution in [0.1, 0.15) is 13.3 Å². The fraction of sp³-hybridized carbons (Fsp3) is 0.385. The number of nitrogens with one attached hydrogen (secondary N) is 1. The SMILES string of the molecule is CN(C(=O)NCC(C)(O)CC(=O)O)c1ccccc1F. The van der Waals surface area contributed by atoms with Gasteiger partial charge in [0.1, 0.15) is 5.82 Å². The third-order valence-corrected chi connectivity index (χ3v) is 2.67. The van der Waals surface area contributed by atoms with Gasteiger partial charge in [-0.3, -0.25) is 9.69 Å². The number of benzene rings is 1. The molecule has 0 bridgehead atoms. The first-order valence-corrected chi connectivity index (χ1v) is 5.93. The highest BCUT2D eigenvalue weighted by Crippen LogP contribution is 2.17. The normalized spacial score (nSPS) is 13.4. The minimum atomic E-state index is -1.57. The molecule has 0 aliphatic carbocycles. The number of aliphatic carboxylic acids is 1. The fourth-order valence-electron chi connectivity index (χ4n) is 1.61. The van der Waals surface area contributed by atoms with Crippen molar-refractivity contribution < 1.29 is 24.2 Å². The summed E-state index contributed by atoms with van der Waals surface area (Å²) in [4.78, 5) is 23.4. The van der Waals surface area contributed by atoms with E-state index in [1.54, 1.807) is 6.07 Å². The Morgan fingerprint density at radius 2 is 2.00 bits per heavy atom. The summed E-state index contributed by atoms with van der Waals surface area (Å²) in [7, 11) is 1.37. The predicted octanol–water partition coefficient (Wildman–Crippen LogP) is 1.20. The molecule has 0 aromatic heterocycles. The number of hydrogen-bond donors (Lipinski definition) is 3. The van der Waals surface area contributed by atoms with Gasteiger partial charge in [-0.2, -0.15) is 0 Å². The number of aliphatic hydroxyl groups is 1. The van der Waals surface area contributed by atoms with Gasteiger partial charge in [0.15, 0.2) is 0 Å². The van der Waals surface area contributed by atoms with Crippen molar-refractivity contribution in [2.75, 3.05) is 18.5 Å². The molecule has 0 radical (unpaired) electrons. The Morgan fingerprint density at radius 3 is 2.55 bits per heavy atom. The number of carbonyl (C=O) groups excluding carboxylic acids is 1. The van der Waals surface area contributed by atoms with Gasteiger partial charge in [0, 0.05) is 13.6 Å². The second kappa shape index (κ2) is 6.33. The molecule has 0 aliphatic rings. The molecular weight excluding hydrogens is 267 g/mol. The van der Waals surface area contributed by atoms with Gasteiger partial charge in [0.05, 0.1) is 17.7 Å². The van der Waals surface area contributed by atoms with Gasteiger partial charge >= 0.3 is 12.0 Å². The van der Waals surface area contributed by atoms with Gasteiger partial charge in [0.2, 0.25) is 0 Å². The van der Waals surface area contributed by atoms with E-state index in [0.29, 0.717) is 0 Å². The van der Waals surface area contributed by atoms with Crippen LogP contribution in [-0.4, -0.2) is 41.4 Å². The van der Waals surface area contributed by atoms with Crippen LogP contribution in [0.25, 0.3) is 0 Å². The lowest BCUT2D eigenvalue weighted by Gasteiger charge is -2.24. The lowest BCUT2D eigenvalue weighted by Crippen LogP contribution is -2.46. The Balaban J connectivity index is 2.63. The number of hydrogen-bond acceptors (Lipinski definition) is 3. The topological polar surface area (TPSA) is 89.9 Å². The zero-order valence-corrected chi connectivity index (χ0v) is 11.3. The molecule has 0 heterocycles. The van der Waals surface area contributed by atoms with Crippen LogP contribution in [0.3, 0.4) is 0 Å². The van der Waals surface area contributed by atoms with Crippen LogP contribution in [-0.2, 0) is 4.79 Å². The Morgan fingerprint density at radius 1 is 1.40 bits per heavy atom. The molecule has 6 nitrogen and oxygen atoms in total. The maximum absolute atomic E-state index is 13.5. The highest BCUT2D eigenvalue weighted by atomic mass is 19.1. The van der Waals surface area contributed by atoms with Crippen molar-refractivity contribution in [1.29, 1.82) is 0 Å². The lowest BCUT2D eigenvalue weighted by atomic mass is 10.0. The number of para-hydroxylation sites is 1. The second-order valence-electron chi connectivity index (χ2n) is 4.74. The number of urea groups is 1. The highest BCUT2D eigenvalue weighted by molar-refractivity contribution is 5.91. The summed E-state index contributed by atoms with van der Waals surface area (Å²) in [5.74, 6) is -1.73. The van der Waals surface area contributed by atoms with Crippen LogP contribution in [0.5, 0.6) is 0 Å². The molecule has 110 valence electrons. The number of carboxylic acid groups (broad SMARTS) is 1. The Kier molecular flexibility index (Phi) is 5.04. The number of carboxylic acids is 1. The van der Waals surface area contributed by atoms with Crippen molar-refractivity contribution in [3.05, 3.63) is 30.1 Å². The first-order chi connectivity index (χ1) is 9.23. The van der Waals surface area contributed by atoms with Crippen molar-refractivity contribution in [2.45, 2.75) is 18.9 Å². The summed E-state index contributed by atoms with van der Waals surface area (Å²) in [6, 6.07) is 5.11. The molecule has 1 aromatic rings. The molecule has 2 amide bonds. The number of anilines is 1. The minimum Gasteiger partial charge on any atom is -0.481 e. The van der Waals surface area contributed by atoms with Gasteiger partial charge < -0.3 is 15.5 Å². The monoisotopic (exact) mass is 284 g/mol. The van der Waals surface area contributed by atoms with E-state index in [9.17, 15) is 19.1 Å². The summed E-state index contributed by atoms with van der Waals surface area (Å²) in [6.45, 7) is 1.04. The van der Waals surface area contributed by atoms with Crippen molar-refractivity contribution >= 4 is 17.7 Å². The van der Waals surface area contributed by atoms with Gasteiger partial charge in [-0.15, -0.1) is 0 Å². The smallest absolute Gasteiger partial charge is 0.321 e. The van der Waals surface area contributed by atoms with E-state index in [2.05, 4.69) is 5.32 Å². The van der Waals surface area contributed by atoms with E-state index >= 15 is 0 Å². The summed E-state index contributed by atoms with van der Waals surface area (Å²) < 4.78 is 13.5. The van der Waals surface area contributed by atoms with Gasteiger partial charge in [-0.05, 0) is 19.1 Å². The Bertz CT molecular complexity index is 505. The van der Waals surface area contributed by atoms with E-state index in [4.69, 9.17) is 5.11 Å². The maximum Gasteiger partial charge on any atom is 0.321 e. The van der Waals surface area contributed by atoms with E-state index in [1.165, 1.54) is 32.2 Å².